The molecule has 1 aliphatic heterocycles. The summed E-state index contributed by atoms with van der Waals surface area (Å²) in [6.45, 7) is 2.38. The van der Waals surface area contributed by atoms with E-state index in [9.17, 15) is 22.4 Å². The van der Waals surface area contributed by atoms with Gasteiger partial charge in [0.25, 0.3) is 0 Å². The van der Waals surface area contributed by atoms with Gasteiger partial charge in [0.2, 0.25) is 5.95 Å². The summed E-state index contributed by atoms with van der Waals surface area (Å²) in [5, 5.41) is 8.77. The summed E-state index contributed by atoms with van der Waals surface area (Å²) in [5.74, 6) is -1.84. The Bertz CT molecular complexity index is 870. The fourth-order valence-electron chi connectivity index (χ4n) is 2.84. The van der Waals surface area contributed by atoms with Crippen molar-refractivity contribution in [2.75, 3.05) is 11.4 Å². The number of rotatable bonds is 5. The number of anilines is 1. The van der Waals surface area contributed by atoms with E-state index in [4.69, 9.17) is 5.11 Å². The van der Waals surface area contributed by atoms with Crippen molar-refractivity contribution in [3.8, 4) is 11.3 Å². The number of carboxylic acids is 1. The second-order valence-electron chi connectivity index (χ2n) is 6.48. The highest BCUT2D eigenvalue weighted by Gasteiger charge is 2.36. The molecule has 1 N–H and O–H groups in total. The Morgan fingerprint density at radius 2 is 2.04 bits per heavy atom. The molecule has 9 heteroatoms. The Kier molecular flexibility index (Phi) is 5.03. The molecule has 27 heavy (non-hydrogen) atoms. The molecule has 1 aromatic carbocycles. The van der Waals surface area contributed by atoms with Crippen LogP contribution >= 0.6 is 0 Å². The number of carbonyl (C=O) groups is 1. The quantitative estimate of drug-likeness (QED) is 0.793. The van der Waals surface area contributed by atoms with Gasteiger partial charge in [-0.3, -0.25) is 4.79 Å². The van der Waals surface area contributed by atoms with Crippen LogP contribution < -0.4 is 4.90 Å². The number of hydrogen-bond acceptors (Lipinski definition) is 4. The highest BCUT2D eigenvalue weighted by molar-refractivity contribution is 5.68. The van der Waals surface area contributed by atoms with Crippen LogP contribution in [0.1, 0.15) is 31.0 Å². The van der Waals surface area contributed by atoms with Gasteiger partial charge in [-0.15, -0.1) is 0 Å². The molecule has 1 fully saturated rings. The van der Waals surface area contributed by atoms with Crippen LogP contribution in [0, 0.1) is 5.82 Å². The molecule has 1 aliphatic rings. The van der Waals surface area contributed by atoms with Gasteiger partial charge in [0.15, 0.2) is 5.69 Å². The second-order valence-corrected chi connectivity index (χ2v) is 6.48. The van der Waals surface area contributed by atoms with Crippen molar-refractivity contribution in [2.45, 2.75) is 38.4 Å². The fourth-order valence-corrected chi connectivity index (χ4v) is 2.84. The first-order valence-electron chi connectivity index (χ1n) is 8.38. The van der Waals surface area contributed by atoms with Crippen LogP contribution in [-0.4, -0.2) is 33.6 Å². The Hall–Kier alpha value is -2.71. The topological polar surface area (TPSA) is 66.3 Å². The number of benzene rings is 1. The number of carboxylic acid groups (broad SMARTS) is 1. The average molecular weight is 383 g/mol. The van der Waals surface area contributed by atoms with Gasteiger partial charge < -0.3 is 10.0 Å². The zero-order chi connectivity index (χ0) is 19.8. The van der Waals surface area contributed by atoms with Crippen LogP contribution in [-0.2, 0) is 17.4 Å². The summed E-state index contributed by atoms with van der Waals surface area (Å²) in [6, 6.07) is 4.57. The predicted octanol–water partition coefficient (Wildman–Crippen LogP) is 3.92. The summed E-state index contributed by atoms with van der Waals surface area (Å²) in [5.41, 5.74) is -0.932. The molecular formula is C18H17F4N3O2. The highest BCUT2D eigenvalue weighted by Crippen LogP contribution is 2.34. The molecule has 3 rings (SSSR count). The lowest BCUT2D eigenvalue weighted by molar-refractivity contribution is -0.141. The maximum Gasteiger partial charge on any atom is 0.433 e. The van der Waals surface area contributed by atoms with Crippen LogP contribution in [0.2, 0.25) is 0 Å². The monoisotopic (exact) mass is 383 g/mol. The zero-order valence-corrected chi connectivity index (χ0v) is 14.4. The lowest BCUT2D eigenvalue weighted by Crippen LogP contribution is -2.47. The molecule has 0 spiro atoms. The molecule has 2 heterocycles. The number of alkyl halides is 3. The molecule has 0 unspecified atom stereocenters. The molecule has 2 aromatic rings. The number of aromatic nitrogens is 2. The molecule has 1 saturated heterocycles. The number of aliphatic carboxylic acids is 1. The third-order valence-corrected chi connectivity index (χ3v) is 4.52. The molecular weight excluding hydrogens is 366 g/mol. The number of halogens is 4. The van der Waals surface area contributed by atoms with Crippen molar-refractivity contribution in [1.29, 1.82) is 0 Å². The molecule has 1 aromatic heterocycles. The third-order valence-electron chi connectivity index (χ3n) is 4.52. The van der Waals surface area contributed by atoms with Gasteiger partial charge in [-0.25, -0.2) is 14.4 Å². The minimum Gasteiger partial charge on any atom is -0.481 e. The normalized spacial score (nSPS) is 16.9. The minimum atomic E-state index is -4.70. The fraction of sp³-hybridized carbons (Fsp3) is 0.389. The largest absolute Gasteiger partial charge is 0.481 e. The Morgan fingerprint density at radius 1 is 1.30 bits per heavy atom. The van der Waals surface area contributed by atoms with E-state index in [1.54, 1.807) is 4.90 Å². The van der Waals surface area contributed by atoms with Crippen LogP contribution in [0.25, 0.3) is 11.3 Å². The smallest absolute Gasteiger partial charge is 0.433 e. The minimum absolute atomic E-state index is 0.00748. The van der Waals surface area contributed by atoms with E-state index in [1.165, 1.54) is 12.1 Å². The molecule has 144 valence electrons. The first-order chi connectivity index (χ1) is 12.6. The summed E-state index contributed by atoms with van der Waals surface area (Å²) >= 11 is 0. The van der Waals surface area contributed by atoms with Crippen LogP contribution in [0.15, 0.2) is 24.3 Å². The molecule has 0 aliphatic carbocycles. The van der Waals surface area contributed by atoms with Crippen LogP contribution in [0.3, 0.4) is 0 Å². The summed E-state index contributed by atoms with van der Waals surface area (Å²) in [6.07, 6.45) is -3.92. The predicted molar refractivity (Wildman–Crippen MR) is 89.8 cm³/mol. The SMILES string of the molecule is C[C@H]1CCN1c1nc(-c2cc(CCC(=O)O)ccc2F)cc(C(F)(F)F)n1. The lowest BCUT2D eigenvalue weighted by Gasteiger charge is -2.39. The van der Waals surface area contributed by atoms with Gasteiger partial charge in [-0.05, 0) is 43.5 Å². The van der Waals surface area contributed by atoms with Crippen molar-refractivity contribution < 1.29 is 27.5 Å². The van der Waals surface area contributed by atoms with Gasteiger partial charge in [-0.1, -0.05) is 6.07 Å². The Balaban J connectivity index is 2.06. The van der Waals surface area contributed by atoms with E-state index < -0.39 is 23.7 Å². The first-order valence-corrected chi connectivity index (χ1v) is 8.38. The zero-order valence-electron chi connectivity index (χ0n) is 14.4. The number of aryl methyl sites for hydroxylation is 1. The van der Waals surface area contributed by atoms with Gasteiger partial charge >= 0.3 is 12.1 Å². The average Bonchev–Trinajstić information content (AvgIpc) is 2.58. The van der Waals surface area contributed by atoms with E-state index in [2.05, 4.69) is 9.97 Å². The molecule has 0 bridgehead atoms. The van der Waals surface area contributed by atoms with Crippen LogP contribution in [0.5, 0.6) is 0 Å². The maximum atomic E-state index is 14.3. The van der Waals surface area contributed by atoms with E-state index in [-0.39, 0.29) is 36.1 Å². The Labute approximate surface area is 152 Å². The number of hydrogen-bond donors (Lipinski definition) is 1. The van der Waals surface area contributed by atoms with Crippen molar-refractivity contribution in [3.05, 3.63) is 41.3 Å². The van der Waals surface area contributed by atoms with Crippen molar-refractivity contribution in [2.24, 2.45) is 0 Å². The summed E-state index contributed by atoms with van der Waals surface area (Å²) in [4.78, 5) is 20.1. The van der Waals surface area contributed by atoms with E-state index in [0.717, 1.165) is 12.5 Å². The lowest BCUT2D eigenvalue weighted by atomic mass is 10.0. The van der Waals surface area contributed by atoms with Gasteiger partial charge in [0.1, 0.15) is 5.82 Å². The van der Waals surface area contributed by atoms with Gasteiger partial charge in [0, 0.05) is 24.6 Å². The molecule has 1 atom stereocenters. The Morgan fingerprint density at radius 3 is 2.59 bits per heavy atom. The highest BCUT2D eigenvalue weighted by atomic mass is 19.4. The molecule has 0 saturated carbocycles. The summed E-state index contributed by atoms with van der Waals surface area (Å²) in [7, 11) is 0. The maximum absolute atomic E-state index is 14.3. The third kappa shape index (κ3) is 4.17. The first kappa shape index (κ1) is 19.1. The van der Waals surface area contributed by atoms with E-state index in [1.807, 2.05) is 6.92 Å². The van der Waals surface area contributed by atoms with E-state index in [0.29, 0.717) is 18.2 Å². The molecule has 5 nitrogen and oxygen atoms in total. The molecule has 0 amide bonds. The standard InChI is InChI=1S/C18H17F4N3O2/c1-10-6-7-25(10)17-23-14(9-15(24-17)18(20,21)22)12-8-11(2-4-13(12)19)3-5-16(26)27/h2,4,8-10H,3,5-7H2,1H3,(H,26,27)/t10-/m0/s1. The van der Waals surface area contributed by atoms with Crippen molar-refractivity contribution >= 4 is 11.9 Å². The summed E-state index contributed by atoms with van der Waals surface area (Å²) < 4.78 is 54.1. The van der Waals surface area contributed by atoms with Gasteiger partial charge in [0.05, 0.1) is 5.69 Å². The van der Waals surface area contributed by atoms with E-state index >= 15 is 0 Å². The second kappa shape index (κ2) is 7.13. The van der Waals surface area contributed by atoms with Gasteiger partial charge in [-0.2, -0.15) is 13.2 Å². The van der Waals surface area contributed by atoms with Crippen LogP contribution in [0.4, 0.5) is 23.5 Å². The number of nitrogens with zero attached hydrogens (tertiary/aromatic N) is 3. The molecule has 0 radical (unpaired) electrons. The van der Waals surface area contributed by atoms with Crippen molar-refractivity contribution in [3.63, 3.8) is 0 Å². The van der Waals surface area contributed by atoms with Crippen molar-refractivity contribution in [1.82, 2.24) is 9.97 Å².